The molecule has 1 aromatic carbocycles. The number of hydrogen-bond acceptors (Lipinski definition) is 2. The van der Waals surface area contributed by atoms with Gasteiger partial charge in [0.15, 0.2) is 0 Å². The molecule has 0 atom stereocenters. The zero-order valence-electron chi connectivity index (χ0n) is 14.4. The summed E-state index contributed by atoms with van der Waals surface area (Å²) in [4.78, 5) is 11.7. The van der Waals surface area contributed by atoms with E-state index < -0.39 is 0 Å². The summed E-state index contributed by atoms with van der Waals surface area (Å²) < 4.78 is 5.77. The fourth-order valence-corrected chi connectivity index (χ4v) is 1.95. The predicted molar refractivity (Wildman–Crippen MR) is 90.7 cm³/mol. The van der Waals surface area contributed by atoms with Gasteiger partial charge in [-0.3, -0.25) is 0 Å². The molecule has 1 rings (SSSR count). The molecule has 0 radical (unpaired) electrons. The van der Waals surface area contributed by atoms with E-state index in [2.05, 4.69) is 23.6 Å². The van der Waals surface area contributed by atoms with E-state index in [9.17, 15) is 4.79 Å². The number of ether oxygens (including phenoxy) is 1. The van der Waals surface area contributed by atoms with Crippen LogP contribution in [-0.4, -0.2) is 18.2 Å². The third-order valence-corrected chi connectivity index (χ3v) is 3.18. The SMILES string of the molecule is CCCCCNC(=O)NCc1cccc(COC(C)(C)C)c1. The van der Waals surface area contributed by atoms with Crippen molar-refractivity contribution in [3.63, 3.8) is 0 Å². The Morgan fingerprint density at radius 1 is 1.14 bits per heavy atom. The molecule has 0 heterocycles. The minimum atomic E-state index is -0.146. The highest BCUT2D eigenvalue weighted by molar-refractivity contribution is 5.73. The van der Waals surface area contributed by atoms with Crippen molar-refractivity contribution in [2.45, 2.75) is 65.7 Å². The number of carbonyl (C=O) groups is 1. The summed E-state index contributed by atoms with van der Waals surface area (Å²) in [5.41, 5.74) is 2.06. The highest BCUT2D eigenvalue weighted by Gasteiger charge is 2.10. The van der Waals surface area contributed by atoms with Gasteiger partial charge in [-0.15, -0.1) is 0 Å². The summed E-state index contributed by atoms with van der Waals surface area (Å²) in [5.74, 6) is 0. The third-order valence-electron chi connectivity index (χ3n) is 3.18. The van der Waals surface area contributed by atoms with E-state index >= 15 is 0 Å². The van der Waals surface area contributed by atoms with Gasteiger partial charge in [0.25, 0.3) is 0 Å². The molecule has 0 spiro atoms. The van der Waals surface area contributed by atoms with Crippen molar-refractivity contribution < 1.29 is 9.53 Å². The number of benzene rings is 1. The van der Waals surface area contributed by atoms with E-state index in [0.717, 1.165) is 36.9 Å². The van der Waals surface area contributed by atoms with Crippen LogP contribution >= 0.6 is 0 Å². The Morgan fingerprint density at radius 3 is 2.55 bits per heavy atom. The van der Waals surface area contributed by atoms with Crippen molar-refractivity contribution in [2.75, 3.05) is 6.54 Å². The van der Waals surface area contributed by atoms with Crippen LogP contribution < -0.4 is 10.6 Å². The smallest absolute Gasteiger partial charge is 0.315 e. The molecule has 4 nitrogen and oxygen atoms in total. The number of rotatable bonds is 8. The summed E-state index contributed by atoms with van der Waals surface area (Å²) in [7, 11) is 0. The summed E-state index contributed by atoms with van der Waals surface area (Å²) in [6.07, 6.45) is 3.34. The Labute approximate surface area is 134 Å². The molecule has 0 unspecified atom stereocenters. The molecule has 22 heavy (non-hydrogen) atoms. The van der Waals surface area contributed by atoms with Crippen LogP contribution in [0.4, 0.5) is 4.79 Å². The molecule has 0 aromatic heterocycles. The van der Waals surface area contributed by atoms with E-state index in [1.807, 2.05) is 39.0 Å². The highest BCUT2D eigenvalue weighted by Crippen LogP contribution is 2.13. The van der Waals surface area contributed by atoms with Gasteiger partial charge in [0.05, 0.1) is 12.2 Å². The summed E-state index contributed by atoms with van der Waals surface area (Å²) in [6, 6.07) is 8.02. The maximum Gasteiger partial charge on any atom is 0.315 e. The van der Waals surface area contributed by atoms with Crippen molar-refractivity contribution in [2.24, 2.45) is 0 Å². The summed E-state index contributed by atoms with van der Waals surface area (Å²) >= 11 is 0. The number of carbonyl (C=O) groups excluding carboxylic acids is 1. The molecule has 2 N–H and O–H groups in total. The van der Waals surface area contributed by atoms with Crippen LogP contribution in [0.2, 0.25) is 0 Å². The van der Waals surface area contributed by atoms with Gasteiger partial charge in [0, 0.05) is 13.1 Å². The van der Waals surface area contributed by atoms with Crippen molar-refractivity contribution in [1.29, 1.82) is 0 Å². The Bertz CT molecular complexity index is 453. The minimum absolute atomic E-state index is 0.104. The van der Waals surface area contributed by atoms with Gasteiger partial charge in [0.2, 0.25) is 0 Å². The van der Waals surface area contributed by atoms with Gasteiger partial charge in [-0.25, -0.2) is 4.79 Å². The van der Waals surface area contributed by atoms with Crippen LogP contribution in [0.5, 0.6) is 0 Å². The quantitative estimate of drug-likeness (QED) is 0.713. The van der Waals surface area contributed by atoms with Crippen molar-refractivity contribution >= 4 is 6.03 Å². The van der Waals surface area contributed by atoms with E-state index in [0.29, 0.717) is 13.2 Å². The molecule has 4 heteroatoms. The van der Waals surface area contributed by atoms with Crippen LogP contribution in [-0.2, 0) is 17.9 Å². The van der Waals surface area contributed by atoms with Crippen molar-refractivity contribution in [3.05, 3.63) is 35.4 Å². The van der Waals surface area contributed by atoms with Crippen LogP contribution in [0.3, 0.4) is 0 Å². The Hall–Kier alpha value is -1.55. The molecule has 124 valence electrons. The van der Waals surface area contributed by atoms with E-state index in [-0.39, 0.29) is 11.6 Å². The number of hydrogen-bond donors (Lipinski definition) is 2. The first kappa shape index (κ1) is 18.5. The van der Waals surface area contributed by atoms with E-state index in [1.165, 1.54) is 0 Å². The van der Waals surface area contributed by atoms with E-state index in [1.54, 1.807) is 0 Å². The lowest BCUT2D eigenvalue weighted by Gasteiger charge is -2.19. The fraction of sp³-hybridized carbons (Fsp3) is 0.611. The molecule has 0 fully saturated rings. The summed E-state index contributed by atoms with van der Waals surface area (Å²) in [5, 5.41) is 5.76. The number of unbranched alkanes of at least 4 members (excludes halogenated alkanes) is 2. The van der Waals surface area contributed by atoms with Crippen LogP contribution in [0.25, 0.3) is 0 Å². The topological polar surface area (TPSA) is 50.4 Å². The van der Waals surface area contributed by atoms with Crippen LogP contribution in [0.15, 0.2) is 24.3 Å². The van der Waals surface area contributed by atoms with Crippen molar-refractivity contribution in [3.8, 4) is 0 Å². The minimum Gasteiger partial charge on any atom is -0.371 e. The maximum absolute atomic E-state index is 11.7. The molecule has 0 bridgehead atoms. The van der Waals surface area contributed by atoms with Gasteiger partial charge >= 0.3 is 6.03 Å². The van der Waals surface area contributed by atoms with Crippen LogP contribution in [0, 0.1) is 0 Å². The van der Waals surface area contributed by atoms with Crippen molar-refractivity contribution in [1.82, 2.24) is 10.6 Å². The monoisotopic (exact) mass is 306 g/mol. The number of amides is 2. The molecule has 0 aliphatic heterocycles. The fourth-order valence-electron chi connectivity index (χ4n) is 1.95. The molecule has 0 saturated carbocycles. The second kappa shape index (κ2) is 9.46. The second-order valence-corrected chi connectivity index (χ2v) is 6.54. The Balaban J connectivity index is 2.35. The lowest BCUT2D eigenvalue weighted by Crippen LogP contribution is -2.35. The molecule has 1 aromatic rings. The van der Waals surface area contributed by atoms with E-state index in [4.69, 9.17) is 4.74 Å². The predicted octanol–water partition coefficient (Wildman–Crippen LogP) is 3.99. The van der Waals surface area contributed by atoms with Crippen LogP contribution in [0.1, 0.15) is 58.1 Å². The first-order valence-corrected chi connectivity index (χ1v) is 8.14. The van der Waals surface area contributed by atoms with Gasteiger partial charge < -0.3 is 15.4 Å². The third kappa shape index (κ3) is 8.67. The maximum atomic E-state index is 11.7. The largest absolute Gasteiger partial charge is 0.371 e. The molecular weight excluding hydrogens is 276 g/mol. The molecule has 2 amide bonds. The molecule has 0 aliphatic carbocycles. The normalized spacial score (nSPS) is 11.3. The molecular formula is C18H30N2O2. The molecule has 0 aliphatic rings. The molecule has 0 saturated heterocycles. The zero-order chi connectivity index (χ0) is 16.4. The standard InChI is InChI=1S/C18H30N2O2/c1-5-6-7-11-19-17(21)20-13-15-9-8-10-16(12-15)14-22-18(2,3)4/h8-10,12H,5-7,11,13-14H2,1-4H3,(H2,19,20,21). The first-order valence-electron chi connectivity index (χ1n) is 8.14. The average Bonchev–Trinajstić information content (AvgIpc) is 2.47. The number of nitrogens with one attached hydrogen (secondary N) is 2. The Kier molecular flexibility index (Phi) is 7.96. The average molecular weight is 306 g/mol. The highest BCUT2D eigenvalue weighted by atomic mass is 16.5. The van der Waals surface area contributed by atoms with Gasteiger partial charge in [-0.2, -0.15) is 0 Å². The van der Waals surface area contributed by atoms with Gasteiger partial charge in [0.1, 0.15) is 0 Å². The first-order chi connectivity index (χ1) is 10.4. The van der Waals surface area contributed by atoms with Gasteiger partial charge in [-0.1, -0.05) is 44.0 Å². The second-order valence-electron chi connectivity index (χ2n) is 6.54. The summed E-state index contributed by atoms with van der Waals surface area (Å²) in [6.45, 7) is 10.1. The number of urea groups is 1. The Morgan fingerprint density at radius 2 is 1.86 bits per heavy atom. The lowest BCUT2D eigenvalue weighted by atomic mass is 10.1. The van der Waals surface area contributed by atoms with Gasteiger partial charge in [-0.05, 0) is 38.3 Å². The zero-order valence-corrected chi connectivity index (χ0v) is 14.4. The lowest BCUT2D eigenvalue weighted by molar-refractivity contribution is -0.0149.